The Labute approximate surface area is 194 Å². The lowest BCUT2D eigenvalue weighted by atomic mass is 10.0. The van der Waals surface area contributed by atoms with Crippen LogP contribution in [0.15, 0.2) is 36.7 Å². The van der Waals surface area contributed by atoms with Crippen molar-refractivity contribution in [2.24, 2.45) is 0 Å². The number of aromatic nitrogens is 4. The largest absolute Gasteiger partial charge is 0.496 e. The summed E-state index contributed by atoms with van der Waals surface area (Å²) in [6.45, 7) is 6.80. The zero-order valence-corrected chi connectivity index (χ0v) is 19.5. The Kier molecular flexibility index (Phi) is 6.75. The van der Waals surface area contributed by atoms with Gasteiger partial charge in [-0.05, 0) is 38.8 Å². The van der Waals surface area contributed by atoms with Crippen LogP contribution >= 0.6 is 0 Å². The summed E-state index contributed by atoms with van der Waals surface area (Å²) in [5.41, 5.74) is 3.17. The Morgan fingerprint density at radius 3 is 2.61 bits per heavy atom. The van der Waals surface area contributed by atoms with E-state index in [9.17, 15) is 0 Å². The zero-order valence-electron chi connectivity index (χ0n) is 19.5. The summed E-state index contributed by atoms with van der Waals surface area (Å²) in [4.78, 5) is 13.1. The minimum absolute atomic E-state index is 0.267. The number of aromatic amines is 1. The van der Waals surface area contributed by atoms with Gasteiger partial charge >= 0.3 is 0 Å². The lowest BCUT2D eigenvalue weighted by Gasteiger charge is -2.39. The number of piperidine rings is 1. The predicted molar refractivity (Wildman–Crippen MR) is 129 cm³/mol. The van der Waals surface area contributed by atoms with Gasteiger partial charge in [0.1, 0.15) is 17.6 Å². The molecule has 1 saturated heterocycles. The fraction of sp³-hybridized carbons (Fsp3) is 0.417. The van der Waals surface area contributed by atoms with Gasteiger partial charge in [-0.2, -0.15) is 10.4 Å². The van der Waals surface area contributed by atoms with Crippen LogP contribution in [0, 0.1) is 11.3 Å². The third-order valence-corrected chi connectivity index (χ3v) is 6.26. The summed E-state index contributed by atoms with van der Waals surface area (Å²) in [7, 11) is 3.85. The van der Waals surface area contributed by atoms with E-state index in [4.69, 9.17) is 10.00 Å². The number of hydrogen-bond donors (Lipinski definition) is 2. The second-order valence-corrected chi connectivity index (χ2v) is 8.55. The monoisotopic (exact) mass is 446 g/mol. The van der Waals surface area contributed by atoms with Crippen molar-refractivity contribution in [1.29, 1.82) is 5.26 Å². The van der Waals surface area contributed by atoms with Gasteiger partial charge in [0.15, 0.2) is 11.5 Å². The van der Waals surface area contributed by atoms with Crippen LogP contribution in [0.4, 0.5) is 17.3 Å². The van der Waals surface area contributed by atoms with Crippen LogP contribution in [0.3, 0.4) is 0 Å². The summed E-state index contributed by atoms with van der Waals surface area (Å²) >= 11 is 0. The quantitative estimate of drug-likeness (QED) is 0.564. The molecule has 0 atom stereocenters. The third-order valence-electron chi connectivity index (χ3n) is 6.26. The highest BCUT2D eigenvalue weighted by Gasteiger charge is 2.24. The minimum Gasteiger partial charge on any atom is -0.496 e. The molecule has 0 radical (unpaired) electrons. The number of hydrogen-bond acceptors (Lipinski definition) is 8. The first kappa shape index (κ1) is 22.6. The molecule has 1 aliphatic heterocycles. The molecule has 0 bridgehead atoms. The van der Waals surface area contributed by atoms with Crippen LogP contribution in [0.25, 0.3) is 11.3 Å². The van der Waals surface area contributed by atoms with Crippen molar-refractivity contribution in [3.63, 3.8) is 0 Å². The molecule has 0 amide bonds. The van der Waals surface area contributed by atoms with E-state index in [1.165, 1.54) is 12.4 Å². The molecule has 0 aliphatic carbocycles. The van der Waals surface area contributed by atoms with Crippen LogP contribution < -0.4 is 15.0 Å². The van der Waals surface area contributed by atoms with E-state index in [-0.39, 0.29) is 5.69 Å². The Morgan fingerprint density at radius 2 is 1.97 bits per heavy atom. The van der Waals surface area contributed by atoms with Crippen molar-refractivity contribution in [3.05, 3.63) is 42.4 Å². The van der Waals surface area contributed by atoms with Crippen molar-refractivity contribution in [2.75, 3.05) is 37.5 Å². The highest BCUT2D eigenvalue weighted by molar-refractivity contribution is 5.73. The topological polar surface area (TPSA) is 106 Å². The summed E-state index contributed by atoms with van der Waals surface area (Å²) in [5, 5.41) is 19.3. The molecule has 1 aromatic carbocycles. The molecular formula is C24H30N8O. The summed E-state index contributed by atoms with van der Waals surface area (Å²) < 4.78 is 5.72. The van der Waals surface area contributed by atoms with Crippen molar-refractivity contribution >= 4 is 17.3 Å². The average Bonchev–Trinajstić information content (AvgIpc) is 3.31. The fourth-order valence-electron chi connectivity index (χ4n) is 4.23. The van der Waals surface area contributed by atoms with Gasteiger partial charge in [0, 0.05) is 55.6 Å². The second-order valence-electron chi connectivity index (χ2n) is 8.55. The van der Waals surface area contributed by atoms with Crippen LogP contribution in [0.1, 0.15) is 32.4 Å². The van der Waals surface area contributed by atoms with E-state index in [2.05, 4.69) is 74.4 Å². The molecule has 1 fully saturated rings. The number of benzene rings is 1. The highest BCUT2D eigenvalue weighted by Crippen LogP contribution is 2.35. The third kappa shape index (κ3) is 5.07. The summed E-state index contributed by atoms with van der Waals surface area (Å²) in [5.74, 6) is 1.90. The van der Waals surface area contributed by atoms with E-state index in [1.54, 1.807) is 7.11 Å². The molecular weight excluding hydrogens is 416 g/mol. The minimum atomic E-state index is 0.267. The van der Waals surface area contributed by atoms with E-state index in [0.29, 0.717) is 23.7 Å². The molecule has 0 unspecified atom stereocenters. The maximum atomic E-state index is 8.85. The van der Waals surface area contributed by atoms with E-state index in [0.717, 1.165) is 48.6 Å². The Hall–Kier alpha value is -3.64. The van der Waals surface area contributed by atoms with E-state index >= 15 is 0 Å². The number of nitriles is 1. The van der Waals surface area contributed by atoms with Gasteiger partial charge in [0.05, 0.1) is 25.2 Å². The molecule has 0 saturated carbocycles. The average molecular weight is 447 g/mol. The van der Waals surface area contributed by atoms with Gasteiger partial charge in [-0.15, -0.1) is 0 Å². The zero-order chi connectivity index (χ0) is 23.4. The van der Waals surface area contributed by atoms with Gasteiger partial charge in [-0.1, -0.05) is 0 Å². The van der Waals surface area contributed by atoms with Gasteiger partial charge in [0.25, 0.3) is 0 Å². The van der Waals surface area contributed by atoms with Crippen molar-refractivity contribution < 1.29 is 4.74 Å². The number of methoxy groups -OCH3 is 1. The number of ether oxygens (including phenoxy) is 1. The molecule has 172 valence electrons. The molecule has 9 heteroatoms. The first-order chi connectivity index (χ1) is 16.0. The van der Waals surface area contributed by atoms with Crippen molar-refractivity contribution in [1.82, 2.24) is 25.1 Å². The summed E-state index contributed by atoms with van der Waals surface area (Å²) in [6.07, 6.45) is 5.24. The highest BCUT2D eigenvalue weighted by atomic mass is 16.5. The molecule has 2 aromatic heterocycles. The first-order valence-corrected chi connectivity index (χ1v) is 11.2. The number of rotatable bonds is 7. The molecule has 33 heavy (non-hydrogen) atoms. The number of likely N-dealkylation sites (tertiary alicyclic amines) is 1. The van der Waals surface area contributed by atoms with E-state index in [1.807, 2.05) is 12.1 Å². The van der Waals surface area contributed by atoms with Gasteiger partial charge in [-0.25, -0.2) is 9.97 Å². The standard InChI is InChI=1S/C24H30N8O/c1-16(2)32-9-7-18(8-10-32)31(3)19-5-6-20(22(11-19)33-4)21-12-23(30-29-21)28-24-15-26-17(13-25)14-27-24/h5-6,11-12,14-16,18H,7-10H2,1-4H3,(H2,27,28,29,30). The normalized spacial score (nSPS) is 14.8. The summed E-state index contributed by atoms with van der Waals surface area (Å²) in [6, 6.07) is 11.3. The number of nitrogens with zero attached hydrogens (tertiary/aromatic N) is 6. The first-order valence-electron chi connectivity index (χ1n) is 11.2. The fourth-order valence-corrected chi connectivity index (χ4v) is 4.23. The Morgan fingerprint density at radius 1 is 1.18 bits per heavy atom. The van der Waals surface area contributed by atoms with Gasteiger partial charge in [0.2, 0.25) is 0 Å². The van der Waals surface area contributed by atoms with Crippen molar-refractivity contribution in [3.8, 4) is 23.1 Å². The SMILES string of the molecule is COc1cc(N(C)C2CCN(C(C)C)CC2)ccc1-c1cc(Nc2cnc(C#N)cn2)n[nH]1. The number of H-pyrrole nitrogens is 1. The van der Waals surface area contributed by atoms with Crippen molar-refractivity contribution in [2.45, 2.75) is 38.8 Å². The number of anilines is 3. The lowest BCUT2D eigenvalue weighted by molar-refractivity contribution is 0.171. The maximum Gasteiger partial charge on any atom is 0.158 e. The molecule has 9 nitrogen and oxygen atoms in total. The van der Waals surface area contributed by atoms with E-state index < -0.39 is 0 Å². The van der Waals surface area contributed by atoms with Crippen LogP contribution in [0.5, 0.6) is 5.75 Å². The van der Waals surface area contributed by atoms with Gasteiger partial charge < -0.3 is 19.9 Å². The maximum absolute atomic E-state index is 8.85. The second kappa shape index (κ2) is 9.88. The molecule has 2 N–H and O–H groups in total. The van der Waals surface area contributed by atoms with Gasteiger partial charge in [-0.3, -0.25) is 5.10 Å². The van der Waals surface area contributed by atoms with Crippen LogP contribution in [0.2, 0.25) is 0 Å². The molecule has 3 heterocycles. The van der Waals surface area contributed by atoms with Crippen LogP contribution in [-0.4, -0.2) is 64.4 Å². The molecule has 1 aliphatic rings. The molecule has 3 aromatic rings. The Bertz CT molecular complexity index is 1110. The predicted octanol–water partition coefficient (Wildman–Crippen LogP) is 3.80. The molecule has 4 rings (SSSR count). The molecule has 0 spiro atoms. The van der Waals surface area contributed by atoms with Crippen LogP contribution in [-0.2, 0) is 0 Å². The Balaban J connectivity index is 1.47. The lowest BCUT2D eigenvalue weighted by Crippen LogP contribution is -2.45. The smallest absolute Gasteiger partial charge is 0.158 e. The number of nitrogens with one attached hydrogen (secondary N) is 2.